The number of nitrogens with zero attached hydrogens (tertiary/aromatic N) is 4. The van der Waals surface area contributed by atoms with Crippen LogP contribution in [0.3, 0.4) is 0 Å². The lowest BCUT2D eigenvalue weighted by Crippen LogP contribution is -2.05. The molecule has 1 fully saturated rings. The van der Waals surface area contributed by atoms with Crippen molar-refractivity contribution >= 4 is 0 Å². The lowest BCUT2D eigenvalue weighted by atomic mass is 9.98. The number of benzene rings is 1. The predicted molar refractivity (Wildman–Crippen MR) is 64.7 cm³/mol. The molecule has 6 nitrogen and oxygen atoms in total. The zero-order valence-corrected chi connectivity index (χ0v) is 10.5. The molecule has 2 rings (SSSR count). The Balaban J connectivity index is 2.61. The van der Waals surface area contributed by atoms with E-state index in [-0.39, 0.29) is 11.5 Å². The van der Waals surface area contributed by atoms with Gasteiger partial charge in [-0.05, 0) is 17.7 Å². The molecule has 1 aromatic rings. The first-order valence-electron chi connectivity index (χ1n) is 5.58. The zero-order valence-electron chi connectivity index (χ0n) is 10.5. The van der Waals surface area contributed by atoms with E-state index in [1.807, 2.05) is 0 Å². The van der Waals surface area contributed by atoms with Gasteiger partial charge >= 0.3 is 0 Å². The van der Waals surface area contributed by atoms with Crippen molar-refractivity contribution in [3.05, 3.63) is 23.8 Å². The average molecular weight is 264 g/mol. The molecule has 0 heterocycles. The van der Waals surface area contributed by atoms with Crippen LogP contribution in [-0.2, 0) is 0 Å². The molecule has 0 aliphatic heterocycles. The summed E-state index contributed by atoms with van der Waals surface area (Å²) in [5, 5.41) is 46.4. The van der Waals surface area contributed by atoms with E-state index in [4.69, 9.17) is 4.74 Å². The first-order valence-corrected chi connectivity index (χ1v) is 5.58. The van der Waals surface area contributed by atoms with Crippen LogP contribution in [0.2, 0.25) is 0 Å². The van der Waals surface area contributed by atoms with Crippen molar-refractivity contribution in [2.24, 2.45) is 10.8 Å². The Labute approximate surface area is 115 Å². The van der Waals surface area contributed by atoms with E-state index in [2.05, 4.69) is 0 Å². The molecule has 0 spiro atoms. The van der Waals surface area contributed by atoms with Crippen LogP contribution < -0.4 is 4.74 Å². The fourth-order valence-corrected chi connectivity index (χ4v) is 2.51. The molecule has 0 radical (unpaired) electrons. The number of nitriles is 4. The van der Waals surface area contributed by atoms with E-state index in [1.54, 1.807) is 24.3 Å². The van der Waals surface area contributed by atoms with Crippen molar-refractivity contribution in [2.75, 3.05) is 7.11 Å². The molecule has 0 amide bonds. The lowest BCUT2D eigenvalue weighted by molar-refractivity contribution is 0.373. The summed E-state index contributed by atoms with van der Waals surface area (Å²) in [5.74, 6) is -0.797. The summed E-state index contributed by atoms with van der Waals surface area (Å²) in [6.45, 7) is 0. The molecule has 0 saturated heterocycles. The van der Waals surface area contributed by atoms with E-state index in [1.165, 1.54) is 25.3 Å². The van der Waals surface area contributed by atoms with E-state index in [0.717, 1.165) is 0 Å². The quantitative estimate of drug-likeness (QED) is 0.864. The Morgan fingerprint density at radius 3 is 1.95 bits per heavy atom. The molecule has 1 aromatic carbocycles. The second-order valence-electron chi connectivity index (χ2n) is 4.43. The predicted octanol–water partition coefficient (Wildman–Crippen LogP) is 1.57. The van der Waals surface area contributed by atoms with Crippen LogP contribution in [0.15, 0.2) is 18.2 Å². The third kappa shape index (κ3) is 1.28. The molecular formula is C14H8N4O2. The Morgan fingerprint density at radius 1 is 1.05 bits per heavy atom. The van der Waals surface area contributed by atoms with Crippen molar-refractivity contribution in [3.63, 3.8) is 0 Å². The number of rotatable bonds is 2. The van der Waals surface area contributed by atoms with E-state index < -0.39 is 16.7 Å². The van der Waals surface area contributed by atoms with Gasteiger partial charge in [0.2, 0.25) is 0 Å². The van der Waals surface area contributed by atoms with Crippen molar-refractivity contribution in [1.82, 2.24) is 0 Å². The molecule has 20 heavy (non-hydrogen) atoms. The maximum absolute atomic E-state index is 9.54. The SMILES string of the molecule is COc1cc(C2C(C#N)(C#N)C2(C#N)C#N)ccc1O. The smallest absolute Gasteiger partial charge is 0.185 e. The van der Waals surface area contributed by atoms with E-state index in [0.29, 0.717) is 5.56 Å². The minimum atomic E-state index is -1.70. The molecular weight excluding hydrogens is 256 g/mol. The van der Waals surface area contributed by atoms with Crippen LogP contribution in [0.5, 0.6) is 11.5 Å². The Bertz CT molecular complexity index is 676. The highest BCUT2D eigenvalue weighted by Gasteiger charge is 2.82. The maximum atomic E-state index is 9.54. The fraction of sp³-hybridized carbons (Fsp3) is 0.286. The number of ether oxygens (including phenoxy) is 1. The summed E-state index contributed by atoms with van der Waals surface area (Å²) in [4.78, 5) is 0. The zero-order chi connectivity index (χ0) is 15.0. The maximum Gasteiger partial charge on any atom is 0.185 e. The molecule has 0 atom stereocenters. The number of aromatic hydroxyl groups is 1. The molecule has 1 N–H and O–H groups in total. The molecule has 1 aliphatic carbocycles. The molecule has 6 heteroatoms. The van der Waals surface area contributed by atoms with Gasteiger partial charge in [-0.3, -0.25) is 0 Å². The minimum Gasteiger partial charge on any atom is -0.504 e. The third-order valence-corrected chi connectivity index (χ3v) is 3.65. The third-order valence-electron chi connectivity index (χ3n) is 3.65. The molecule has 96 valence electrons. The van der Waals surface area contributed by atoms with Crippen molar-refractivity contribution in [1.29, 1.82) is 21.0 Å². The van der Waals surface area contributed by atoms with Crippen LogP contribution in [0, 0.1) is 56.2 Å². The van der Waals surface area contributed by atoms with Crippen LogP contribution in [0.25, 0.3) is 0 Å². The summed E-state index contributed by atoms with van der Waals surface area (Å²) in [5.41, 5.74) is -2.96. The molecule has 0 unspecified atom stereocenters. The molecule has 0 bridgehead atoms. The number of hydrogen-bond donors (Lipinski definition) is 1. The van der Waals surface area contributed by atoms with Gasteiger partial charge in [-0.15, -0.1) is 0 Å². The first kappa shape index (κ1) is 13.2. The monoisotopic (exact) mass is 264 g/mol. The second-order valence-corrected chi connectivity index (χ2v) is 4.43. The first-order chi connectivity index (χ1) is 9.56. The van der Waals surface area contributed by atoms with Crippen molar-refractivity contribution in [3.8, 4) is 35.8 Å². The minimum absolute atomic E-state index is 0.101. The van der Waals surface area contributed by atoms with E-state index in [9.17, 15) is 26.2 Å². The van der Waals surface area contributed by atoms with Gasteiger partial charge in [-0.1, -0.05) is 6.07 Å². The van der Waals surface area contributed by atoms with Crippen LogP contribution >= 0.6 is 0 Å². The second kappa shape index (κ2) is 4.16. The Hall–Kier alpha value is -3.22. The number of hydrogen-bond acceptors (Lipinski definition) is 6. The highest BCUT2D eigenvalue weighted by molar-refractivity contribution is 5.60. The summed E-state index contributed by atoms with van der Waals surface area (Å²) in [6.07, 6.45) is 0. The van der Waals surface area contributed by atoms with Crippen molar-refractivity contribution < 1.29 is 9.84 Å². The highest BCUT2D eigenvalue weighted by atomic mass is 16.5. The number of phenols is 1. The van der Waals surface area contributed by atoms with Crippen LogP contribution in [0.1, 0.15) is 11.5 Å². The standard InChI is InChI=1S/C14H8N4O2/c1-20-11-4-9(2-3-10(11)19)12-13(5-15,6-16)14(12,7-17)8-18/h2-4,12,19H,1H3. The summed E-state index contributed by atoms with van der Waals surface area (Å²) in [6, 6.07) is 11.4. The average Bonchev–Trinajstić information content (AvgIpc) is 3.10. The lowest BCUT2D eigenvalue weighted by Gasteiger charge is -2.06. The number of phenolic OH excluding ortho intramolecular Hbond substituents is 1. The largest absolute Gasteiger partial charge is 0.504 e. The van der Waals surface area contributed by atoms with Crippen LogP contribution in [-0.4, -0.2) is 12.2 Å². The van der Waals surface area contributed by atoms with E-state index >= 15 is 0 Å². The summed E-state index contributed by atoms with van der Waals surface area (Å²) >= 11 is 0. The van der Waals surface area contributed by atoms with Crippen LogP contribution in [0.4, 0.5) is 0 Å². The van der Waals surface area contributed by atoms with Gasteiger partial charge in [0.15, 0.2) is 22.3 Å². The molecule has 1 aliphatic rings. The Kier molecular flexibility index (Phi) is 2.75. The van der Waals surface area contributed by atoms with Gasteiger partial charge in [0.25, 0.3) is 0 Å². The normalized spacial score (nSPS) is 17.9. The van der Waals surface area contributed by atoms with Crippen molar-refractivity contribution in [2.45, 2.75) is 5.92 Å². The topological polar surface area (TPSA) is 125 Å². The van der Waals surface area contributed by atoms with Gasteiger partial charge in [-0.25, -0.2) is 0 Å². The molecule has 0 aromatic heterocycles. The molecule has 1 saturated carbocycles. The van der Waals surface area contributed by atoms with Gasteiger partial charge in [0.05, 0.1) is 37.3 Å². The highest BCUT2D eigenvalue weighted by Crippen LogP contribution is 2.73. The van der Waals surface area contributed by atoms with Gasteiger partial charge in [-0.2, -0.15) is 21.0 Å². The Morgan fingerprint density at radius 2 is 1.55 bits per heavy atom. The van der Waals surface area contributed by atoms with Gasteiger partial charge in [0, 0.05) is 0 Å². The number of methoxy groups -OCH3 is 1. The summed E-state index contributed by atoms with van der Waals surface area (Å²) < 4.78 is 4.95. The van der Waals surface area contributed by atoms with Gasteiger partial charge < -0.3 is 9.84 Å². The summed E-state index contributed by atoms with van der Waals surface area (Å²) in [7, 11) is 1.36. The van der Waals surface area contributed by atoms with Gasteiger partial charge in [0.1, 0.15) is 0 Å². The fourth-order valence-electron chi connectivity index (χ4n) is 2.51.